The van der Waals surface area contributed by atoms with Crippen LogP contribution >= 0.6 is 11.6 Å². The van der Waals surface area contributed by atoms with Crippen LogP contribution in [-0.2, 0) is 21.1 Å². The summed E-state index contributed by atoms with van der Waals surface area (Å²) in [6.45, 7) is 0. The van der Waals surface area contributed by atoms with Gasteiger partial charge < -0.3 is 0 Å². The van der Waals surface area contributed by atoms with E-state index in [1.165, 1.54) is 6.26 Å². The second-order valence-corrected chi connectivity index (χ2v) is 6.77. The minimum atomic E-state index is -2.97. The summed E-state index contributed by atoms with van der Waals surface area (Å²) in [4.78, 5) is 11.6. The maximum absolute atomic E-state index is 11.6. The average molecular weight is 275 g/mol. The van der Waals surface area contributed by atoms with Crippen LogP contribution in [0.5, 0.6) is 0 Å². The lowest BCUT2D eigenvalue weighted by molar-refractivity contribution is -0.118. The molecule has 1 aromatic rings. The van der Waals surface area contributed by atoms with Gasteiger partial charge >= 0.3 is 0 Å². The van der Waals surface area contributed by atoms with Gasteiger partial charge in [0.05, 0.1) is 5.75 Å². The Morgan fingerprint density at radius 3 is 2.65 bits per heavy atom. The predicted molar refractivity (Wildman–Crippen MR) is 69.1 cm³/mol. The van der Waals surface area contributed by atoms with Crippen LogP contribution in [0.4, 0.5) is 0 Å². The first-order valence-corrected chi connectivity index (χ1v) is 7.74. The number of Topliss-reactive ketones (excluding diaryl/α,β-unsaturated/α-hetero) is 1. The molecule has 0 aliphatic carbocycles. The number of sulfone groups is 1. The molecule has 0 fully saturated rings. The molecule has 0 aliphatic rings. The van der Waals surface area contributed by atoms with Crippen molar-refractivity contribution in [3.8, 4) is 0 Å². The number of hydrogen-bond acceptors (Lipinski definition) is 3. The van der Waals surface area contributed by atoms with Gasteiger partial charge in [-0.05, 0) is 24.1 Å². The van der Waals surface area contributed by atoms with Crippen molar-refractivity contribution in [1.29, 1.82) is 0 Å². The third kappa shape index (κ3) is 6.44. The van der Waals surface area contributed by atoms with E-state index in [9.17, 15) is 13.2 Å². The van der Waals surface area contributed by atoms with Gasteiger partial charge in [0.25, 0.3) is 0 Å². The van der Waals surface area contributed by atoms with Gasteiger partial charge in [0.15, 0.2) is 0 Å². The maximum atomic E-state index is 11.6. The third-order valence-corrected chi connectivity index (χ3v) is 3.53. The highest BCUT2D eigenvalue weighted by atomic mass is 35.5. The summed E-state index contributed by atoms with van der Waals surface area (Å²) in [6, 6.07) is 7.12. The Balaban J connectivity index is 2.40. The smallest absolute Gasteiger partial charge is 0.147 e. The predicted octanol–water partition coefficient (Wildman–Crippen LogP) is 2.28. The van der Waals surface area contributed by atoms with Gasteiger partial charge in [0.2, 0.25) is 0 Å². The van der Waals surface area contributed by atoms with Gasteiger partial charge in [-0.1, -0.05) is 23.7 Å². The zero-order chi connectivity index (χ0) is 12.9. The first-order chi connectivity index (χ1) is 7.87. The van der Waals surface area contributed by atoms with Crippen molar-refractivity contribution in [2.24, 2.45) is 0 Å². The van der Waals surface area contributed by atoms with E-state index in [0.717, 1.165) is 5.56 Å². The molecule has 0 unspecified atom stereocenters. The fourth-order valence-corrected chi connectivity index (χ4v) is 2.38. The van der Waals surface area contributed by atoms with E-state index in [4.69, 9.17) is 11.6 Å². The van der Waals surface area contributed by atoms with E-state index in [-0.39, 0.29) is 11.5 Å². The van der Waals surface area contributed by atoms with E-state index in [1.807, 2.05) is 6.07 Å². The standard InChI is InChI=1S/C12H15ClO3S/c1-17(15,16)7-3-6-12(14)9-10-4-2-5-11(13)8-10/h2,4-5,8H,3,6-7,9H2,1H3. The summed E-state index contributed by atoms with van der Waals surface area (Å²) in [7, 11) is -2.97. The zero-order valence-corrected chi connectivity index (χ0v) is 11.2. The van der Waals surface area contributed by atoms with E-state index >= 15 is 0 Å². The summed E-state index contributed by atoms with van der Waals surface area (Å²) in [5.41, 5.74) is 0.863. The molecular formula is C12H15ClO3S. The summed E-state index contributed by atoms with van der Waals surface area (Å²) in [6.07, 6.45) is 2.16. The molecule has 0 atom stereocenters. The molecule has 0 amide bonds. The van der Waals surface area contributed by atoms with Crippen molar-refractivity contribution >= 4 is 27.2 Å². The summed E-state index contributed by atoms with van der Waals surface area (Å²) in [5.74, 6) is 0.102. The minimum Gasteiger partial charge on any atom is -0.299 e. The molecule has 0 saturated carbocycles. The quantitative estimate of drug-likeness (QED) is 0.800. The minimum absolute atomic E-state index is 0.0379. The fourth-order valence-electron chi connectivity index (χ4n) is 1.49. The van der Waals surface area contributed by atoms with Crippen LogP contribution < -0.4 is 0 Å². The Labute approximate surface area is 107 Å². The molecule has 1 aromatic carbocycles. The molecule has 5 heteroatoms. The largest absolute Gasteiger partial charge is 0.299 e. The molecule has 94 valence electrons. The molecule has 0 bridgehead atoms. The van der Waals surface area contributed by atoms with Crippen LogP contribution in [-0.4, -0.2) is 26.2 Å². The van der Waals surface area contributed by atoms with Gasteiger partial charge in [0, 0.05) is 24.1 Å². The number of halogens is 1. The molecule has 0 radical (unpaired) electrons. The topological polar surface area (TPSA) is 51.2 Å². The first kappa shape index (κ1) is 14.2. The van der Waals surface area contributed by atoms with Crippen molar-refractivity contribution in [2.45, 2.75) is 19.3 Å². The van der Waals surface area contributed by atoms with Crippen LogP contribution in [0.1, 0.15) is 18.4 Å². The molecule has 0 spiro atoms. The molecule has 17 heavy (non-hydrogen) atoms. The average Bonchev–Trinajstić information content (AvgIpc) is 2.15. The Kier molecular flexibility index (Phi) is 5.15. The van der Waals surface area contributed by atoms with Crippen molar-refractivity contribution in [3.63, 3.8) is 0 Å². The van der Waals surface area contributed by atoms with Gasteiger partial charge in [-0.15, -0.1) is 0 Å². The van der Waals surface area contributed by atoms with Crippen LogP contribution in [0.15, 0.2) is 24.3 Å². The number of hydrogen-bond donors (Lipinski definition) is 0. The van der Waals surface area contributed by atoms with Crippen molar-refractivity contribution in [3.05, 3.63) is 34.9 Å². The Morgan fingerprint density at radius 2 is 2.06 bits per heavy atom. The van der Waals surface area contributed by atoms with Crippen LogP contribution in [0, 0.1) is 0 Å². The normalized spacial score (nSPS) is 11.4. The van der Waals surface area contributed by atoms with Crippen LogP contribution in [0.2, 0.25) is 5.02 Å². The number of carbonyl (C=O) groups excluding carboxylic acids is 1. The van der Waals surface area contributed by atoms with E-state index in [1.54, 1.807) is 18.2 Å². The van der Waals surface area contributed by atoms with Crippen molar-refractivity contribution < 1.29 is 13.2 Å². The van der Waals surface area contributed by atoms with Gasteiger partial charge in [-0.25, -0.2) is 8.42 Å². The second-order valence-electron chi connectivity index (χ2n) is 4.08. The molecule has 0 aromatic heterocycles. The zero-order valence-electron chi connectivity index (χ0n) is 9.65. The van der Waals surface area contributed by atoms with E-state index in [2.05, 4.69) is 0 Å². The Morgan fingerprint density at radius 1 is 1.35 bits per heavy atom. The Hall–Kier alpha value is -0.870. The molecule has 0 aliphatic heterocycles. The SMILES string of the molecule is CS(=O)(=O)CCCC(=O)Cc1cccc(Cl)c1. The number of rotatable bonds is 6. The van der Waals surface area contributed by atoms with Gasteiger partial charge in [-0.3, -0.25) is 4.79 Å². The Bertz CT molecular complexity index is 494. The lowest BCUT2D eigenvalue weighted by atomic mass is 10.1. The maximum Gasteiger partial charge on any atom is 0.147 e. The van der Waals surface area contributed by atoms with E-state index in [0.29, 0.717) is 24.3 Å². The summed E-state index contributed by atoms with van der Waals surface area (Å²) >= 11 is 5.80. The molecule has 1 rings (SSSR count). The first-order valence-electron chi connectivity index (χ1n) is 5.31. The highest BCUT2D eigenvalue weighted by Crippen LogP contribution is 2.12. The molecule has 0 heterocycles. The highest BCUT2D eigenvalue weighted by molar-refractivity contribution is 7.90. The number of ketones is 1. The lowest BCUT2D eigenvalue weighted by Crippen LogP contribution is -2.08. The number of benzene rings is 1. The summed E-state index contributed by atoms with van der Waals surface area (Å²) in [5, 5.41) is 0.603. The molecular weight excluding hydrogens is 260 g/mol. The van der Waals surface area contributed by atoms with Gasteiger partial charge in [-0.2, -0.15) is 0 Å². The fraction of sp³-hybridized carbons (Fsp3) is 0.417. The third-order valence-electron chi connectivity index (χ3n) is 2.26. The monoisotopic (exact) mass is 274 g/mol. The van der Waals surface area contributed by atoms with E-state index < -0.39 is 9.84 Å². The second kappa shape index (κ2) is 6.17. The van der Waals surface area contributed by atoms with Crippen molar-refractivity contribution in [2.75, 3.05) is 12.0 Å². The molecule has 3 nitrogen and oxygen atoms in total. The molecule has 0 saturated heterocycles. The van der Waals surface area contributed by atoms with Crippen molar-refractivity contribution in [1.82, 2.24) is 0 Å². The summed E-state index contributed by atoms with van der Waals surface area (Å²) < 4.78 is 21.8. The van der Waals surface area contributed by atoms with Crippen LogP contribution in [0.3, 0.4) is 0 Å². The lowest BCUT2D eigenvalue weighted by Gasteiger charge is -2.01. The molecule has 0 N–H and O–H groups in total. The number of carbonyl (C=O) groups is 1. The highest BCUT2D eigenvalue weighted by Gasteiger charge is 2.07. The van der Waals surface area contributed by atoms with Crippen LogP contribution in [0.25, 0.3) is 0 Å². The van der Waals surface area contributed by atoms with Gasteiger partial charge in [0.1, 0.15) is 15.6 Å².